The van der Waals surface area contributed by atoms with Crippen LogP contribution in [0.5, 0.6) is 0 Å². The van der Waals surface area contributed by atoms with Crippen LogP contribution in [0.1, 0.15) is 28.4 Å². The molecule has 0 aromatic heterocycles. The van der Waals surface area contributed by atoms with E-state index in [9.17, 15) is 14.4 Å². The lowest BCUT2D eigenvalue weighted by Gasteiger charge is -2.13. The third-order valence-corrected chi connectivity index (χ3v) is 4.77. The number of benzene rings is 3. The number of ether oxygens (including phenoxy) is 1. The van der Waals surface area contributed by atoms with Crippen molar-refractivity contribution >= 4 is 34.2 Å². The fraction of sp³-hybridized carbons (Fsp3) is 0.208. The van der Waals surface area contributed by atoms with Gasteiger partial charge in [-0.25, -0.2) is 0 Å². The number of nitrogens with one attached hydrogen (secondary N) is 2. The normalized spacial score (nSPS) is 10.5. The van der Waals surface area contributed by atoms with Gasteiger partial charge in [0.05, 0.1) is 0 Å². The maximum Gasteiger partial charge on any atom is 0.325 e. The molecule has 3 aromatic rings. The molecule has 154 valence electrons. The Kier molecular flexibility index (Phi) is 6.80. The molecule has 0 spiro atoms. The summed E-state index contributed by atoms with van der Waals surface area (Å²) in [6.45, 7) is 3.18. The number of fused-ring (bicyclic) bond motifs is 1. The molecule has 2 N–H and O–H groups in total. The second-order valence-corrected chi connectivity index (χ2v) is 6.92. The van der Waals surface area contributed by atoms with E-state index in [0.717, 1.165) is 34.0 Å². The van der Waals surface area contributed by atoms with Gasteiger partial charge in [-0.1, -0.05) is 55.5 Å². The van der Waals surface area contributed by atoms with Gasteiger partial charge in [-0.3, -0.25) is 14.4 Å². The van der Waals surface area contributed by atoms with Gasteiger partial charge in [0.25, 0.3) is 11.8 Å². The van der Waals surface area contributed by atoms with Crippen molar-refractivity contribution in [2.24, 2.45) is 0 Å². The number of hydrogen-bond donors (Lipinski definition) is 2. The van der Waals surface area contributed by atoms with Gasteiger partial charge in [-0.2, -0.15) is 0 Å². The highest BCUT2D eigenvalue weighted by Gasteiger charge is 2.13. The first-order valence-corrected chi connectivity index (χ1v) is 9.79. The van der Waals surface area contributed by atoms with Crippen LogP contribution in [0.3, 0.4) is 0 Å². The van der Waals surface area contributed by atoms with Crippen molar-refractivity contribution in [1.82, 2.24) is 5.32 Å². The highest BCUT2D eigenvalue weighted by atomic mass is 16.5. The molecule has 0 atom stereocenters. The zero-order chi connectivity index (χ0) is 21.5. The van der Waals surface area contributed by atoms with Crippen molar-refractivity contribution in [2.75, 3.05) is 18.5 Å². The third-order valence-electron chi connectivity index (χ3n) is 4.77. The van der Waals surface area contributed by atoms with Gasteiger partial charge in [-0.15, -0.1) is 0 Å². The molecule has 6 heteroatoms. The van der Waals surface area contributed by atoms with Crippen LogP contribution in [0.2, 0.25) is 0 Å². The number of esters is 1. The molecule has 3 aromatic carbocycles. The molecule has 2 amide bonds. The Labute approximate surface area is 175 Å². The van der Waals surface area contributed by atoms with Gasteiger partial charge in [0, 0.05) is 11.3 Å². The molecule has 0 aliphatic carbocycles. The van der Waals surface area contributed by atoms with Crippen LogP contribution in [0.15, 0.2) is 60.7 Å². The van der Waals surface area contributed by atoms with Crippen LogP contribution in [-0.2, 0) is 20.7 Å². The molecule has 0 fully saturated rings. The van der Waals surface area contributed by atoms with E-state index in [1.807, 2.05) is 62.4 Å². The van der Waals surface area contributed by atoms with Gasteiger partial charge in [0.1, 0.15) is 6.54 Å². The van der Waals surface area contributed by atoms with Crippen LogP contribution in [0.25, 0.3) is 10.8 Å². The Hall–Kier alpha value is -3.67. The summed E-state index contributed by atoms with van der Waals surface area (Å²) in [4.78, 5) is 36.3. The quantitative estimate of drug-likeness (QED) is 0.589. The van der Waals surface area contributed by atoms with Crippen molar-refractivity contribution in [2.45, 2.75) is 20.3 Å². The molecule has 0 radical (unpaired) electrons. The molecule has 0 saturated carbocycles. The number of anilines is 1. The van der Waals surface area contributed by atoms with E-state index in [4.69, 9.17) is 4.74 Å². The molecule has 0 bridgehead atoms. The van der Waals surface area contributed by atoms with Gasteiger partial charge >= 0.3 is 5.97 Å². The highest BCUT2D eigenvalue weighted by molar-refractivity contribution is 6.00. The summed E-state index contributed by atoms with van der Waals surface area (Å²) in [6, 6.07) is 18.8. The molecule has 0 aliphatic heterocycles. The Bertz CT molecular complexity index is 1090. The van der Waals surface area contributed by atoms with E-state index >= 15 is 0 Å². The van der Waals surface area contributed by atoms with Crippen LogP contribution in [0.4, 0.5) is 5.69 Å². The summed E-state index contributed by atoms with van der Waals surface area (Å²) in [5.74, 6) is -1.48. The first-order chi connectivity index (χ1) is 14.5. The number of carbonyl (C=O) groups is 3. The molecular formula is C24H24N2O4. The first kappa shape index (κ1) is 21.0. The molecule has 0 aliphatic rings. The molecule has 6 nitrogen and oxygen atoms in total. The molecule has 0 unspecified atom stereocenters. The summed E-state index contributed by atoms with van der Waals surface area (Å²) in [6.07, 6.45) is 0.776. The highest BCUT2D eigenvalue weighted by Crippen LogP contribution is 2.21. The Balaban J connectivity index is 1.48. The fourth-order valence-corrected chi connectivity index (χ4v) is 3.16. The van der Waals surface area contributed by atoms with Crippen LogP contribution in [-0.4, -0.2) is 30.9 Å². The van der Waals surface area contributed by atoms with E-state index in [1.54, 1.807) is 12.1 Å². The monoisotopic (exact) mass is 404 g/mol. The minimum Gasteiger partial charge on any atom is -0.454 e. The number of para-hydroxylation sites is 1. The van der Waals surface area contributed by atoms with Gasteiger partial charge < -0.3 is 15.4 Å². The van der Waals surface area contributed by atoms with Gasteiger partial charge in [-0.05, 0) is 47.4 Å². The Morgan fingerprint density at radius 1 is 0.933 bits per heavy atom. The lowest BCUT2D eigenvalue weighted by molar-refractivity contribution is -0.146. The summed E-state index contributed by atoms with van der Waals surface area (Å²) in [5, 5.41) is 7.27. The third kappa shape index (κ3) is 5.23. The van der Waals surface area contributed by atoms with Crippen molar-refractivity contribution in [3.05, 3.63) is 77.4 Å². The van der Waals surface area contributed by atoms with Crippen LogP contribution < -0.4 is 10.6 Å². The maximum absolute atomic E-state index is 12.3. The average molecular weight is 404 g/mol. The van der Waals surface area contributed by atoms with Crippen molar-refractivity contribution in [3.63, 3.8) is 0 Å². The Morgan fingerprint density at radius 2 is 1.70 bits per heavy atom. The zero-order valence-electron chi connectivity index (χ0n) is 17.0. The van der Waals surface area contributed by atoms with Crippen molar-refractivity contribution in [1.29, 1.82) is 0 Å². The van der Waals surface area contributed by atoms with Gasteiger partial charge in [0.15, 0.2) is 6.61 Å². The van der Waals surface area contributed by atoms with Gasteiger partial charge in [0.2, 0.25) is 0 Å². The standard InChI is InChI=1S/C24H24N2O4/c1-3-17-10-6-7-16(2)23(17)26-21(27)15-30-22(28)14-25-24(29)20-12-11-18-8-4-5-9-19(18)13-20/h4-13H,3,14-15H2,1-2H3,(H,25,29)(H,26,27). The maximum atomic E-state index is 12.3. The average Bonchev–Trinajstić information content (AvgIpc) is 2.77. The fourth-order valence-electron chi connectivity index (χ4n) is 3.16. The summed E-state index contributed by atoms with van der Waals surface area (Å²) in [7, 11) is 0. The van der Waals surface area contributed by atoms with E-state index in [0.29, 0.717) is 5.56 Å². The number of hydrogen-bond acceptors (Lipinski definition) is 4. The summed E-state index contributed by atoms with van der Waals surface area (Å²) < 4.78 is 4.98. The molecule has 3 rings (SSSR count). The van der Waals surface area contributed by atoms with Crippen LogP contribution in [0, 0.1) is 6.92 Å². The van der Waals surface area contributed by atoms with E-state index < -0.39 is 18.5 Å². The SMILES string of the molecule is CCc1cccc(C)c1NC(=O)COC(=O)CNC(=O)c1ccc2ccccc2c1. The number of amides is 2. The molecular weight excluding hydrogens is 380 g/mol. The van der Waals surface area contributed by atoms with Crippen LogP contribution >= 0.6 is 0 Å². The molecule has 30 heavy (non-hydrogen) atoms. The summed E-state index contributed by atoms with van der Waals surface area (Å²) in [5.41, 5.74) is 3.14. The lowest BCUT2D eigenvalue weighted by Crippen LogP contribution is -2.32. The topological polar surface area (TPSA) is 84.5 Å². The number of aryl methyl sites for hydroxylation is 2. The second-order valence-electron chi connectivity index (χ2n) is 6.92. The van der Waals surface area contributed by atoms with E-state index in [2.05, 4.69) is 10.6 Å². The summed E-state index contributed by atoms with van der Waals surface area (Å²) >= 11 is 0. The lowest BCUT2D eigenvalue weighted by atomic mass is 10.1. The smallest absolute Gasteiger partial charge is 0.325 e. The number of rotatable bonds is 7. The minimum atomic E-state index is -0.681. The van der Waals surface area contributed by atoms with E-state index in [1.165, 1.54) is 0 Å². The van der Waals surface area contributed by atoms with Crippen molar-refractivity contribution < 1.29 is 19.1 Å². The zero-order valence-corrected chi connectivity index (χ0v) is 17.0. The predicted octanol–water partition coefficient (Wildman–Crippen LogP) is 3.62. The minimum absolute atomic E-state index is 0.316. The van der Waals surface area contributed by atoms with Crippen molar-refractivity contribution in [3.8, 4) is 0 Å². The number of carbonyl (C=O) groups excluding carboxylic acids is 3. The van der Waals surface area contributed by atoms with E-state index in [-0.39, 0.29) is 12.5 Å². The molecule has 0 saturated heterocycles. The second kappa shape index (κ2) is 9.69. The predicted molar refractivity (Wildman–Crippen MR) is 116 cm³/mol. The molecule has 0 heterocycles. The largest absolute Gasteiger partial charge is 0.454 e. The first-order valence-electron chi connectivity index (χ1n) is 9.79. The Morgan fingerprint density at radius 3 is 2.47 bits per heavy atom.